The van der Waals surface area contributed by atoms with Gasteiger partial charge in [-0.05, 0) is 25.0 Å². The fourth-order valence-corrected chi connectivity index (χ4v) is 1.81. The third-order valence-corrected chi connectivity index (χ3v) is 2.79. The highest BCUT2D eigenvalue weighted by Gasteiger charge is 2.17. The van der Waals surface area contributed by atoms with Crippen LogP contribution in [-0.2, 0) is 10.6 Å². The number of carbonyl (C=O) groups is 1. The highest BCUT2D eigenvalue weighted by molar-refractivity contribution is 6.16. The molecule has 88 valence electrons. The minimum atomic E-state index is -0.216. The normalized spacial score (nSPS) is 19.9. The van der Waals surface area contributed by atoms with Crippen LogP contribution in [0.3, 0.4) is 0 Å². The molecular weight excluding hydrogens is 230 g/mol. The molecule has 1 amide bonds. The third kappa shape index (κ3) is 2.77. The summed E-state index contributed by atoms with van der Waals surface area (Å²) >= 11 is 5.58. The van der Waals surface area contributed by atoms with E-state index in [0.29, 0.717) is 18.1 Å². The summed E-state index contributed by atoms with van der Waals surface area (Å²) in [7, 11) is 0. The fraction of sp³-hybridized carbons (Fsp3) is 0.545. The highest BCUT2D eigenvalue weighted by atomic mass is 35.5. The zero-order chi connectivity index (χ0) is 11.4. The van der Waals surface area contributed by atoms with E-state index in [1.807, 2.05) is 0 Å². The summed E-state index contributed by atoms with van der Waals surface area (Å²) in [5.41, 5.74) is 0. The van der Waals surface area contributed by atoms with Gasteiger partial charge in [-0.25, -0.2) is 0 Å². The van der Waals surface area contributed by atoms with Crippen LogP contribution in [-0.4, -0.2) is 25.2 Å². The van der Waals surface area contributed by atoms with Crippen LogP contribution >= 0.6 is 11.6 Å². The topological polar surface area (TPSA) is 51.5 Å². The van der Waals surface area contributed by atoms with E-state index in [1.165, 1.54) is 0 Å². The lowest BCUT2D eigenvalue weighted by atomic mass is 10.2. The van der Waals surface area contributed by atoms with Crippen molar-refractivity contribution < 1.29 is 13.9 Å². The Hall–Kier alpha value is -1.00. The molecule has 0 spiro atoms. The van der Waals surface area contributed by atoms with Crippen LogP contribution in [0, 0.1) is 0 Å². The molecule has 0 aromatic carbocycles. The first-order valence-corrected chi connectivity index (χ1v) is 5.87. The lowest BCUT2D eigenvalue weighted by Crippen LogP contribution is -2.31. The molecule has 1 fully saturated rings. The summed E-state index contributed by atoms with van der Waals surface area (Å²) in [5, 5.41) is 2.78. The number of carbonyl (C=O) groups excluding carboxylic acids is 1. The Labute approximate surface area is 98.9 Å². The van der Waals surface area contributed by atoms with Crippen LogP contribution in [0.15, 0.2) is 16.5 Å². The number of hydrogen-bond acceptors (Lipinski definition) is 3. The van der Waals surface area contributed by atoms with Crippen LogP contribution < -0.4 is 5.32 Å². The molecule has 0 radical (unpaired) electrons. The molecule has 1 aromatic heterocycles. The van der Waals surface area contributed by atoms with Crippen LogP contribution in [0.2, 0.25) is 0 Å². The predicted molar refractivity (Wildman–Crippen MR) is 59.6 cm³/mol. The monoisotopic (exact) mass is 243 g/mol. The van der Waals surface area contributed by atoms with E-state index < -0.39 is 0 Å². The molecule has 1 aromatic rings. The number of halogens is 1. The summed E-state index contributed by atoms with van der Waals surface area (Å²) in [6.45, 7) is 1.33. The van der Waals surface area contributed by atoms with Crippen molar-refractivity contribution in [1.29, 1.82) is 0 Å². The van der Waals surface area contributed by atoms with Crippen molar-refractivity contribution in [2.45, 2.75) is 24.8 Å². The number of nitrogens with one attached hydrogen (secondary N) is 1. The van der Waals surface area contributed by atoms with E-state index >= 15 is 0 Å². The second-order valence-electron chi connectivity index (χ2n) is 3.74. The minimum absolute atomic E-state index is 0.145. The number of furan rings is 1. The van der Waals surface area contributed by atoms with Crippen LogP contribution in [0.1, 0.15) is 29.2 Å². The SMILES string of the molecule is O=C(NCC1CCCO1)c1ccc(CCl)o1. The quantitative estimate of drug-likeness (QED) is 0.822. The molecule has 2 rings (SSSR count). The maximum absolute atomic E-state index is 11.6. The van der Waals surface area contributed by atoms with Crippen molar-refractivity contribution in [3.05, 3.63) is 23.7 Å². The number of amides is 1. The Balaban J connectivity index is 1.82. The predicted octanol–water partition coefficient (Wildman–Crippen LogP) is 1.93. The van der Waals surface area contributed by atoms with E-state index in [0.717, 1.165) is 19.4 Å². The Morgan fingerprint density at radius 3 is 3.06 bits per heavy atom. The van der Waals surface area contributed by atoms with Gasteiger partial charge in [0, 0.05) is 13.2 Å². The van der Waals surface area contributed by atoms with Crippen molar-refractivity contribution in [3.8, 4) is 0 Å². The van der Waals surface area contributed by atoms with Gasteiger partial charge in [-0.1, -0.05) is 0 Å². The second-order valence-corrected chi connectivity index (χ2v) is 4.01. The van der Waals surface area contributed by atoms with E-state index in [1.54, 1.807) is 12.1 Å². The van der Waals surface area contributed by atoms with E-state index in [9.17, 15) is 4.79 Å². The average Bonchev–Trinajstić information content (AvgIpc) is 2.96. The van der Waals surface area contributed by atoms with E-state index in [2.05, 4.69) is 5.32 Å². The van der Waals surface area contributed by atoms with Crippen molar-refractivity contribution in [2.75, 3.05) is 13.2 Å². The van der Waals surface area contributed by atoms with Crippen molar-refractivity contribution in [2.24, 2.45) is 0 Å². The average molecular weight is 244 g/mol. The molecule has 5 heteroatoms. The van der Waals surface area contributed by atoms with Gasteiger partial charge in [-0.15, -0.1) is 11.6 Å². The van der Waals surface area contributed by atoms with Gasteiger partial charge in [0.25, 0.3) is 5.91 Å². The Bertz CT molecular complexity index is 358. The molecule has 1 N–H and O–H groups in total. The Kier molecular flexibility index (Phi) is 3.85. The lowest BCUT2D eigenvalue weighted by Gasteiger charge is -2.09. The number of alkyl halides is 1. The third-order valence-electron chi connectivity index (χ3n) is 2.53. The van der Waals surface area contributed by atoms with Gasteiger partial charge >= 0.3 is 0 Å². The Morgan fingerprint density at radius 1 is 1.56 bits per heavy atom. The van der Waals surface area contributed by atoms with Gasteiger partial charge in [-0.3, -0.25) is 4.79 Å². The maximum Gasteiger partial charge on any atom is 0.287 e. The molecule has 0 saturated carbocycles. The molecule has 0 bridgehead atoms. The number of rotatable bonds is 4. The van der Waals surface area contributed by atoms with Crippen LogP contribution in [0.5, 0.6) is 0 Å². The van der Waals surface area contributed by atoms with Gasteiger partial charge in [0.1, 0.15) is 5.76 Å². The smallest absolute Gasteiger partial charge is 0.287 e. The summed E-state index contributed by atoms with van der Waals surface area (Å²) in [4.78, 5) is 11.6. The molecule has 4 nitrogen and oxygen atoms in total. The van der Waals surface area contributed by atoms with Gasteiger partial charge in [0.15, 0.2) is 5.76 Å². The maximum atomic E-state index is 11.6. The molecule has 1 atom stereocenters. The summed E-state index contributed by atoms with van der Waals surface area (Å²) in [6, 6.07) is 3.33. The zero-order valence-electron chi connectivity index (χ0n) is 8.87. The first kappa shape index (κ1) is 11.5. The summed E-state index contributed by atoms with van der Waals surface area (Å²) in [6.07, 6.45) is 2.22. The molecular formula is C11H14ClNO3. The lowest BCUT2D eigenvalue weighted by molar-refractivity contribution is 0.0834. The van der Waals surface area contributed by atoms with Crippen LogP contribution in [0.4, 0.5) is 0 Å². The molecule has 1 saturated heterocycles. The first-order chi connectivity index (χ1) is 7.79. The standard InChI is InChI=1S/C11H14ClNO3/c12-6-8-3-4-10(16-8)11(14)13-7-9-2-1-5-15-9/h3-4,9H,1-2,5-7H2,(H,13,14). The molecule has 1 unspecified atom stereocenters. The van der Waals surface area contributed by atoms with Gasteiger partial charge < -0.3 is 14.5 Å². The van der Waals surface area contributed by atoms with Gasteiger partial charge in [0.2, 0.25) is 0 Å². The second kappa shape index (κ2) is 5.37. The van der Waals surface area contributed by atoms with Gasteiger partial charge in [0.05, 0.1) is 12.0 Å². The Morgan fingerprint density at radius 2 is 2.44 bits per heavy atom. The van der Waals surface area contributed by atoms with Crippen molar-refractivity contribution >= 4 is 17.5 Å². The van der Waals surface area contributed by atoms with Crippen molar-refractivity contribution in [3.63, 3.8) is 0 Å². The summed E-state index contributed by atoms with van der Waals surface area (Å²) < 4.78 is 10.6. The molecule has 1 aliphatic heterocycles. The molecule has 16 heavy (non-hydrogen) atoms. The van der Waals surface area contributed by atoms with Gasteiger partial charge in [-0.2, -0.15) is 0 Å². The van der Waals surface area contributed by atoms with Crippen LogP contribution in [0.25, 0.3) is 0 Å². The first-order valence-electron chi connectivity index (χ1n) is 5.34. The summed E-state index contributed by atoms with van der Waals surface area (Å²) in [5.74, 6) is 0.961. The minimum Gasteiger partial charge on any atom is -0.455 e. The fourth-order valence-electron chi connectivity index (χ4n) is 1.67. The molecule has 2 heterocycles. The van der Waals surface area contributed by atoms with E-state index in [-0.39, 0.29) is 17.9 Å². The number of hydrogen-bond donors (Lipinski definition) is 1. The van der Waals surface area contributed by atoms with E-state index in [4.69, 9.17) is 20.8 Å². The number of ether oxygens (including phenoxy) is 1. The zero-order valence-corrected chi connectivity index (χ0v) is 9.63. The molecule has 1 aliphatic rings. The highest BCUT2D eigenvalue weighted by Crippen LogP contribution is 2.12. The van der Waals surface area contributed by atoms with Crippen molar-refractivity contribution in [1.82, 2.24) is 5.32 Å². The molecule has 0 aliphatic carbocycles. The largest absolute Gasteiger partial charge is 0.455 e.